The smallest absolute Gasteiger partial charge is 0.127 e. The third-order valence-electron chi connectivity index (χ3n) is 8.21. The van der Waals surface area contributed by atoms with Gasteiger partial charge in [-0.25, -0.2) is 15.0 Å². The van der Waals surface area contributed by atoms with Crippen molar-refractivity contribution in [3.63, 3.8) is 0 Å². The molecule has 6 aromatic rings. The molecule has 0 saturated carbocycles. The lowest BCUT2D eigenvalue weighted by atomic mass is 10.1. The predicted octanol–water partition coefficient (Wildman–Crippen LogP) is 10.0. The number of rotatable bonds is 11. The van der Waals surface area contributed by atoms with E-state index in [0.29, 0.717) is 17.5 Å². The lowest BCUT2D eigenvalue weighted by Crippen LogP contribution is -1.98. The molecule has 0 amide bonds. The van der Waals surface area contributed by atoms with Gasteiger partial charge in [-0.1, -0.05) is 93.8 Å². The fourth-order valence-corrected chi connectivity index (χ4v) is 5.49. The maximum atomic E-state index is 5.96. The molecule has 244 valence electrons. The molecule has 0 radical (unpaired) electrons. The Kier molecular flexibility index (Phi) is 13.5. The number of nitrogens with two attached hydrogens (primary N) is 3. The fraction of sp³-hybridized carbons (Fsp3) is 0.293. The van der Waals surface area contributed by atoms with Crippen molar-refractivity contribution in [1.82, 2.24) is 15.0 Å². The number of unbranched alkanes of at least 4 members (excludes halogenated alkanes) is 4. The van der Waals surface area contributed by atoms with Crippen molar-refractivity contribution in [3.8, 4) is 0 Å². The second kappa shape index (κ2) is 18.2. The number of para-hydroxylation sites is 3. The van der Waals surface area contributed by atoms with Crippen molar-refractivity contribution < 1.29 is 0 Å². The van der Waals surface area contributed by atoms with Crippen LogP contribution in [0, 0.1) is 0 Å². The number of nitrogens with zero attached hydrogens (tertiary/aromatic N) is 3. The van der Waals surface area contributed by atoms with Gasteiger partial charge in [0, 0.05) is 16.2 Å². The Balaban J connectivity index is 0.000000160. The van der Waals surface area contributed by atoms with Gasteiger partial charge in [0.15, 0.2) is 0 Å². The summed E-state index contributed by atoms with van der Waals surface area (Å²) in [7, 11) is 0. The molecule has 3 aromatic carbocycles. The molecular weight excluding hydrogens is 576 g/mol. The van der Waals surface area contributed by atoms with Gasteiger partial charge in [0.05, 0.1) is 16.6 Å². The lowest BCUT2D eigenvalue weighted by Gasteiger charge is -2.06. The van der Waals surface area contributed by atoms with Crippen LogP contribution >= 0.6 is 0 Å². The standard InChI is InChI=1S/C14H18N2.C14H16N2.C13H16N2/c2*1-2-3-4-8-12-10-11-7-5-6-9-13(11)16-14(12)15;1-2-3-6-11-9-10-7-4-5-8-12(10)15-13(11)14/h5-7,9-10H,2-4,8H2,1H3,(H2,15,16);2,5-7,9-10H,1,3-4,8H2,(H2,15,16);4-5,7-9H,2-3,6H2,1H3,(H2,14,15). The van der Waals surface area contributed by atoms with Crippen LogP contribution in [0.1, 0.15) is 75.5 Å². The number of aryl methyl sites for hydroxylation is 3. The zero-order valence-electron chi connectivity index (χ0n) is 28.1. The van der Waals surface area contributed by atoms with Crippen molar-refractivity contribution in [1.29, 1.82) is 0 Å². The SMILES string of the molecule is C=CCCCc1cc2ccccc2nc1N.CCCCCc1cc2ccccc2nc1N.CCCCc1cc2ccccc2nc1N. The van der Waals surface area contributed by atoms with E-state index in [4.69, 9.17) is 17.2 Å². The fourth-order valence-electron chi connectivity index (χ4n) is 5.49. The molecule has 3 aromatic heterocycles. The molecule has 47 heavy (non-hydrogen) atoms. The van der Waals surface area contributed by atoms with Crippen molar-refractivity contribution in [3.05, 3.63) is 120 Å². The second-order valence-electron chi connectivity index (χ2n) is 11.9. The van der Waals surface area contributed by atoms with Gasteiger partial charge in [-0.3, -0.25) is 0 Å². The maximum absolute atomic E-state index is 5.96. The number of aromatic nitrogens is 3. The summed E-state index contributed by atoms with van der Waals surface area (Å²) in [4.78, 5) is 13.2. The minimum absolute atomic E-state index is 0.655. The number of allylic oxidation sites excluding steroid dienone is 1. The van der Waals surface area contributed by atoms with Crippen LogP contribution in [0.5, 0.6) is 0 Å². The third kappa shape index (κ3) is 10.3. The van der Waals surface area contributed by atoms with E-state index < -0.39 is 0 Å². The normalized spacial score (nSPS) is 10.7. The largest absolute Gasteiger partial charge is 0.383 e. The lowest BCUT2D eigenvalue weighted by molar-refractivity contribution is 0.718. The van der Waals surface area contributed by atoms with Gasteiger partial charge in [-0.15, -0.1) is 6.58 Å². The number of nitrogen functional groups attached to an aromatic ring is 3. The number of hydrogen-bond acceptors (Lipinski definition) is 6. The molecule has 0 aliphatic rings. The van der Waals surface area contributed by atoms with Gasteiger partial charge in [0.1, 0.15) is 17.5 Å². The Labute approximate surface area is 280 Å². The van der Waals surface area contributed by atoms with Gasteiger partial charge in [-0.2, -0.15) is 0 Å². The van der Waals surface area contributed by atoms with Gasteiger partial charge in [0.2, 0.25) is 0 Å². The van der Waals surface area contributed by atoms with E-state index in [9.17, 15) is 0 Å². The van der Waals surface area contributed by atoms with E-state index in [2.05, 4.69) is 71.8 Å². The van der Waals surface area contributed by atoms with Crippen molar-refractivity contribution in [2.45, 2.75) is 78.1 Å². The van der Waals surface area contributed by atoms with E-state index in [1.54, 1.807) is 0 Å². The molecule has 0 bridgehead atoms. The van der Waals surface area contributed by atoms with E-state index in [-0.39, 0.29) is 0 Å². The molecule has 0 fully saturated rings. The molecule has 0 atom stereocenters. The van der Waals surface area contributed by atoms with E-state index in [1.807, 2.05) is 60.7 Å². The first-order valence-corrected chi connectivity index (χ1v) is 17.0. The Bertz CT molecular complexity index is 1880. The Morgan fingerprint density at radius 3 is 1.26 bits per heavy atom. The predicted molar refractivity (Wildman–Crippen MR) is 203 cm³/mol. The molecular formula is C41H50N6. The van der Waals surface area contributed by atoms with E-state index in [1.165, 1.54) is 54.0 Å². The molecule has 3 heterocycles. The minimum atomic E-state index is 0.655. The van der Waals surface area contributed by atoms with Gasteiger partial charge >= 0.3 is 0 Å². The highest BCUT2D eigenvalue weighted by Gasteiger charge is 2.05. The first-order chi connectivity index (χ1) is 22.9. The van der Waals surface area contributed by atoms with E-state index >= 15 is 0 Å². The quantitative estimate of drug-likeness (QED) is 0.0973. The molecule has 6 rings (SSSR count). The number of benzene rings is 3. The van der Waals surface area contributed by atoms with Gasteiger partial charge in [-0.05, 0) is 98.0 Å². The minimum Gasteiger partial charge on any atom is -0.383 e. The van der Waals surface area contributed by atoms with Gasteiger partial charge in [0.25, 0.3) is 0 Å². The number of anilines is 3. The van der Waals surface area contributed by atoms with Gasteiger partial charge < -0.3 is 17.2 Å². The van der Waals surface area contributed by atoms with Crippen LogP contribution in [0.4, 0.5) is 17.5 Å². The highest BCUT2D eigenvalue weighted by Crippen LogP contribution is 2.22. The van der Waals surface area contributed by atoms with Crippen LogP contribution in [-0.4, -0.2) is 15.0 Å². The maximum Gasteiger partial charge on any atom is 0.127 e. The van der Waals surface area contributed by atoms with Crippen LogP contribution in [0.3, 0.4) is 0 Å². The van der Waals surface area contributed by atoms with Crippen LogP contribution < -0.4 is 17.2 Å². The molecule has 0 aliphatic heterocycles. The summed E-state index contributed by atoms with van der Waals surface area (Å²) in [6.45, 7) is 8.11. The number of pyridine rings is 3. The topological polar surface area (TPSA) is 117 Å². The van der Waals surface area contributed by atoms with E-state index in [0.717, 1.165) is 59.6 Å². The summed E-state index contributed by atoms with van der Waals surface area (Å²) in [5, 5.41) is 3.52. The van der Waals surface area contributed by atoms with Crippen LogP contribution in [0.15, 0.2) is 104 Å². The number of fused-ring (bicyclic) bond motifs is 3. The molecule has 6 N–H and O–H groups in total. The number of hydrogen-bond donors (Lipinski definition) is 3. The summed E-state index contributed by atoms with van der Waals surface area (Å²) in [6, 6.07) is 30.7. The second-order valence-corrected chi connectivity index (χ2v) is 11.9. The summed E-state index contributed by atoms with van der Waals surface area (Å²) in [5.41, 5.74) is 24.2. The molecule has 6 heteroatoms. The monoisotopic (exact) mass is 626 g/mol. The average molecular weight is 627 g/mol. The summed E-state index contributed by atoms with van der Waals surface area (Å²) in [6.07, 6.45) is 13.1. The molecule has 0 aliphatic carbocycles. The molecule has 0 unspecified atom stereocenters. The zero-order chi connectivity index (χ0) is 33.4. The first kappa shape index (κ1) is 34.9. The van der Waals surface area contributed by atoms with Crippen LogP contribution in [0.25, 0.3) is 32.7 Å². The highest BCUT2D eigenvalue weighted by atomic mass is 14.8. The van der Waals surface area contributed by atoms with Crippen LogP contribution in [-0.2, 0) is 19.3 Å². The molecule has 0 spiro atoms. The summed E-state index contributed by atoms with van der Waals surface area (Å²) < 4.78 is 0. The Morgan fingerprint density at radius 1 is 0.511 bits per heavy atom. The highest BCUT2D eigenvalue weighted by molar-refractivity contribution is 5.82. The van der Waals surface area contributed by atoms with Crippen LogP contribution in [0.2, 0.25) is 0 Å². The molecule has 0 saturated heterocycles. The zero-order valence-corrected chi connectivity index (χ0v) is 28.1. The molecule has 6 nitrogen and oxygen atoms in total. The third-order valence-corrected chi connectivity index (χ3v) is 8.21. The van der Waals surface area contributed by atoms with Crippen molar-refractivity contribution in [2.24, 2.45) is 0 Å². The first-order valence-electron chi connectivity index (χ1n) is 17.0. The Morgan fingerprint density at radius 2 is 0.872 bits per heavy atom. The summed E-state index contributed by atoms with van der Waals surface area (Å²) in [5.74, 6) is 2.03. The summed E-state index contributed by atoms with van der Waals surface area (Å²) >= 11 is 0. The average Bonchev–Trinajstić information content (AvgIpc) is 3.08. The van der Waals surface area contributed by atoms with Crippen molar-refractivity contribution >= 4 is 50.2 Å². The Hall–Kier alpha value is -4.97. The van der Waals surface area contributed by atoms with Crippen molar-refractivity contribution in [2.75, 3.05) is 17.2 Å².